The highest BCUT2D eigenvalue weighted by molar-refractivity contribution is 5.66. The van der Waals surface area contributed by atoms with Gasteiger partial charge in [0.05, 0.1) is 30.6 Å². The van der Waals surface area contributed by atoms with E-state index in [4.69, 9.17) is 10.5 Å². The normalized spacial score (nSPS) is 22.0. The molecule has 0 saturated carbocycles. The van der Waals surface area contributed by atoms with Gasteiger partial charge in [0.2, 0.25) is 0 Å². The molecule has 1 aromatic carbocycles. The lowest BCUT2D eigenvalue weighted by Gasteiger charge is -2.32. The van der Waals surface area contributed by atoms with Gasteiger partial charge < -0.3 is 15.8 Å². The van der Waals surface area contributed by atoms with Crippen molar-refractivity contribution in [3.63, 3.8) is 0 Å². The van der Waals surface area contributed by atoms with Crippen molar-refractivity contribution in [1.82, 2.24) is 4.90 Å². The maximum absolute atomic E-state index is 5.96. The van der Waals surface area contributed by atoms with Gasteiger partial charge in [-0.2, -0.15) is 0 Å². The third-order valence-electron chi connectivity index (χ3n) is 3.13. The second kappa shape index (κ2) is 4.72. The Hall–Kier alpha value is -1.26. The van der Waals surface area contributed by atoms with Gasteiger partial charge in [0.1, 0.15) is 0 Å². The number of nitrogens with two attached hydrogens (primary N) is 1. The molecule has 1 fully saturated rings. The van der Waals surface area contributed by atoms with Crippen LogP contribution in [-0.2, 0) is 4.74 Å². The second-order valence-corrected chi connectivity index (χ2v) is 4.17. The number of nitrogen functional groups attached to an aromatic ring is 1. The third-order valence-corrected chi connectivity index (χ3v) is 3.13. The lowest BCUT2D eigenvalue weighted by atomic mass is 10.0. The van der Waals surface area contributed by atoms with Crippen LogP contribution in [0.1, 0.15) is 11.6 Å². The molecular weight excluding hydrogens is 202 g/mol. The number of likely N-dealkylation sites (N-methyl/N-ethyl adjacent to an activating group) is 1. The average Bonchev–Trinajstić information content (AvgIpc) is 2.29. The van der Waals surface area contributed by atoms with E-state index >= 15 is 0 Å². The fourth-order valence-corrected chi connectivity index (χ4v) is 2.05. The molecule has 1 aromatic rings. The summed E-state index contributed by atoms with van der Waals surface area (Å²) in [4.78, 5) is 2.30. The summed E-state index contributed by atoms with van der Waals surface area (Å²) in [7, 11) is 4.00. The van der Waals surface area contributed by atoms with Crippen molar-refractivity contribution in [3.8, 4) is 0 Å². The zero-order chi connectivity index (χ0) is 11.5. The molecule has 1 aliphatic heterocycles. The lowest BCUT2D eigenvalue weighted by molar-refractivity contribution is 0.00508. The molecule has 88 valence electrons. The van der Waals surface area contributed by atoms with Crippen molar-refractivity contribution < 1.29 is 4.74 Å². The molecule has 0 spiro atoms. The van der Waals surface area contributed by atoms with E-state index in [0.29, 0.717) is 6.04 Å². The first-order valence-electron chi connectivity index (χ1n) is 5.57. The highest BCUT2D eigenvalue weighted by Crippen LogP contribution is 2.27. The van der Waals surface area contributed by atoms with Crippen LogP contribution in [-0.4, -0.2) is 38.8 Å². The van der Waals surface area contributed by atoms with Gasteiger partial charge in [0, 0.05) is 13.6 Å². The van der Waals surface area contributed by atoms with Gasteiger partial charge in [-0.1, -0.05) is 6.07 Å². The molecule has 1 unspecified atom stereocenters. The molecule has 2 rings (SSSR count). The van der Waals surface area contributed by atoms with Crippen molar-refractivity contribution in [3.05, 3.63) is 23.8 Å². The Morgan fingerprint density at radius 2 is 2.31 bits per heavy atom. The van der Waals surface area contributed by atoms with Crippen LogP contribution in [0.15, 0.2) is 18.2 Å². The van der Waals surface area contributed by atoms with Gasteiger partial charge in [-0.05, 0) is 24.7 Å². The van der Waals surface area contributed by atoms with Crippen LogP contribution in [0.5, 0.6) is 0 Å². The summed E-state index contributed by atoms with van der Waals surface area (Å²) in [5.74, 6) is 0. The highest BCUT2D eigenvalue weighted by Gasteiger charge is 2.21. The molecule has 0 radical (unpaired) electrons. The summed E-state index contributed by atoms with van der Waals surface area (Å²) < 4.78 is 5.51. The van der Waals surface area contributed by atoms with E-state index in [1.807, 2.05) is 19.2 Å². The molecule has 0 amide bonds. The first kappa shape index (κ1) is 11.2. The van der Waals surface area contributed by atoms with E-state index in [0.717, 1.165) is 31.1 Å². The fraction of sp³-hybridized carbons (Fsp3) is 0.500. The van der Waals surface area contributed by atoms with Gasteiger partial charge >= 0.3 is 0 Å². The maximum atomic E-state index is 5.96. The molecule has 4 heteroatoms. The van der Waals surface area contributed by atoms with Crippen molar-refractivity contribution >= 4 is 11.4 Å². The van der Waals surface area contributed by atoms with E-state index in [1.165, 1.54) is 5.56 Å². The minimum Gasteiger partial charge on any atom is -0.397 e. The monoisotopic (exact) mass is 221 g/mol. The average molecular weight is 221 g/mol. The summed E-state index contributed by atoms with van der Waals surface area (Å²) in [6.07, 6.45) is 0. The summed E-state index contributed by atoms with van der Waals surface area (Å²) in [6.45, 7) is 2.53. The molecular formula is C12H19N3O. The van der Waals surface area contributed by atoms with E-state index < -0.39 is 0 Å². The number of benzene rings is 1. The number of nitrogens with zero attached hydrogens (tertiary/aromatic N) is 1. The summed E-state index contributed by atoms with van der Waals surface area (Å²) in [5, 5.41) is 3.07. The summed E-state index contributed by atoms with van der Waals surface area (Å²) >= 11 is 0. The zero-order valence-electron chi connectivity index (χ0n) is 9.86. The second-order valence-electron chi connectivity index (χ2n) is 4.17. The quantitative estimate of drug-likeness (QED) is 0.739. The zero-order valence-corrected chi connectivity index (χ0v) is 9.86. The fourth-order valence-electron chi connectivity index (χ4n) is 2.05. The van der Waals surface area contributed by atoms with Gasteiger partial charge in [-0.3, -0.25) is 4.90 Å². The number of hydrogen-bond acceptors (Lipinski definition) is 4. The Morgan fingerprint density at radius 1 is 1.50 bits per heavy atom. The first-order chi connectivity index (χ1) is 7.72. The molecule has 0 aliphatic carbocycles. The maximum Gasteiger partial charge on any atom is 0.0664 e. The number of rotatable bonds is 2. The van der Waals surface area contributed by atoms with Crippen LogP contribution >= 0.6 is 0 Å². The number of hydrogen-bond donors (Lipinski definition) is 2. The third kappa shape index (κ3) is 2.13. The predicted octanol–water partition coefficient (Wildman–Crippen LogP) is 1.31. The van der Waals surface area contributed by atoms with Crippen LogP contribution in [0.25, 0.3) is 0 Å². The Labute approximate surface area is 96.4 Å². The smallest absolute Gasteiger partial charge is 0.0664 e. The first-order valence-corrected chi connectivity index (χ1v) is 5.57. The molecule has 4 nitrogen and oxygen atoms in total. The standard InChI is InChI=1S/C12H19N3O/c1-14-11-4-3-9(7-10(11)13)12-8-16-6-5-15(12)2/h3-4,7,12,14H,5-6,8,13H2,1-2H3. The van der Waals surface area contributed by atoms with Crippen molar-refractivity contribution in [1.29, 1.82) is 0 Å². The highest BCUT2D eigenvalue weighted by atomic mass is 16.5. The van der Waals surface area contributed by atoms with Crippen LogP contribution in [0, 0.1) is 0 Å². The van der Waals surface area contributed by atoms with E-state index in [1.54, 1.807) is 0 Å². The summed E-state index contributed by atoms with van der Waals surface area (Å²) in [6, 6.07) is 6.48. The minimum absolute atomic E-state index is 0.321. The van der Waals surface area contributed by atoms with Gasteiger partial charge in [0.25, 0.3) is 0 Å². The molecule has 1 atom stereocenters. The van der Waals surface area contributed by atoms with Crippen molar-refractivity contribution in [2.75, 3.05) is 44.9 Å². The van der Waals surface area contributed by atoms with E-state index in [-0.39, 0.29) is 0 Å². The molecule has 0 bridgehead atoms. The Bertz CT molecular complexity index is 367. The topological polar surface area (TPSA) is 50.5 Å². The predicted molar refractivity (Wildman–Crippen MR) is 66.6 cm³/mol. The molecule has 1 heterocycles. The Balaban J connectivity index is 2.22. The van der Waals surface area contributed by atoms with Crippen LogP contribution in [0.3, 0.4) is 0 Å². The molecule has 3 N–H and O–H groups in total. The lowest BCUT2D eigenvalue weighted by Crippen LogP contribution is -2.36. The van der Waals surface area contributed by atoms with Crippen LogP contribution < -0.4 is 11.1 Å². The minimum atomic E-state index is 0.321. The van der Waals surface area contributed by atoms with Crippen LogP contribution in [0.2, 0.25) is 0 Å². The van der Waals surface area contributed by atoms with Crippen molar-refractivity contribution in [2.45, 2.75) is 6.04 Å². The summed E-state index contributed by atoms with van der Waals surface area (Å²) in [5.41, 5.74) is 8.95. The van der Waals surface area contributed by atoms with Crippen LogP contribution in [0.4, 0.5) is 11.4 Å². The SMILES string of the molecule is CNc1ccc(C2COCCN2C)cc1N. The van der Waals surface area contributed by atoms with Gasteiger partial charge in [-0.15, -0.1) is 0 Å². The van der Waals surface area contributed by atoms with Crippen molar-refractivity contribution in [2.24, 2.45) is 0 Å². The number of morpholine rings is 1. The molecule has 0 aromatic heterocycles. The molecule has 16 heavy (non-hydrogen) atoms. The van der Waals surface area contributed by atoms with Gasteiger partial charge in [0.15, 0.2) is 0 Å². The Morgan fingerprint density at radius 3 is 2.94 bits per heavy atom. The molecule has 1 saturated heterocycles. The van der Waals surface area contributed by atoms with E-state index in [2.05, 4.69) is 23.3 Å². The largest absolute Gasteiger partial charge is 0.397 e. The van der Waals surface area contributed by atoms with E-state index in [9.17, 15) is 0 Å². The number of anilines is 2. The Kier molecular flexibility index (Phi) is 3.31. The van der Waals surface area contributed by atoms with Gasteiger partial charge in [-0.25, -0.2) is 0 Å². The number of ether oxygens (including phenoxy) is 1. The number of nitrogens with one attached hydrogen (secondary N) is 1. The molecule has 1 aliphatic rings.